The van der Waals surface area contributed by atoms with E-state index in [9.17, 15) is 4.79 Å². The highest BCUT2D eigenvalue weighted by atomic mass is 16.5. The Bertz CT molecular complexity index is 1020. The largest absolute Gasteiger partial charge is 0.457 e. The number of H-pyrrole nitrogens is 2. The van der Waals surface area contributed by atoms with Crippen molar-refractivity contribution in [3.05, 3.63) is 83.3 Å². The molecule has 0 saturated carbocycles. The van der Waals surface area contributed by atoms with Crippen molar-refractivity contribution in [2.45, 2.75) is 0 Å². The van der Waals surface area contributed by atoms with Crippen molar-refractivity contribution in [2.75, 3.05) is 0 Å². The van der Waals surface area contributed by atoms with Crippen LogP contribution in [0.25, 0.3) is 22.2 Å². The fourth-order valence-corrected chi connectivity index (χ4v) is 2.61. The van der Waals surface area contributed by atoms with E-state index in [4.69, 9.17) is 4.74 Å². The van der Waals surface area contributed by atoms with E-state index in [1.54, 1.807) is 0 Å². The number of ether oxygens (including phenoxy) is 1. The van der Waals surface area contributed by atoms with Crippen molar-refractivity contribution in [2.24, 2.45) is 0 Å². The van der Waals surface area contributed by atoms with E-state index in [0.29, 0.717) is 0 Å². The summed E-state index contributed by atoms with van der Waals surface area (Å²) >= 11 is 0. The number of aromatic amines is 2. The summed E-state index contributed by atoms with van der Waals surface area (Å²) in [5, 5.41) is 0. The van der Waals surface area contributed by atoms with Gasteiger partial charge in [-0.1, -0.05) is 42.5 Å². The molecule has 4 heteroatoms. The van der Waals surface area contributed by atoms with E-state index < -0.39 is 0 Å². The predicted molar refractivity (Wildman–Crippen MR) is 90.9 cm³/mol. The second-order valence-electron chi connectivity index (χ2n) is 5.25. The molecule has 0 fully saturated rings. The summed E-state index contributed by atoms with van der Waals surface area (Å²) in [4.78, 5) is 16.9. The number of nitrogens with one attached hydrogen (secondary N) is 2. The van der Waals surface area contributed by atoms with Crippen molar-refractivity contribution in [3.8, 4) is 22.6 Å². The van der Waals surface area contributed by atoms with Crippen molar-refractivity contribution in [3.63, 3.8) is 0 Å². The molecule has 0 saturated heterocycles. The van der Waals surface area contributed by atoms with Crippen LogP contribution in [0, 0.1) is 0 Å². The third-order valence-corrected chi connectivity index (χ3v) is 3.69. The molecule has 3 aromatic carbocycles. The number of rotatable bonds is 3. The monoisotopic (exact) mass is 302 g/mol. The average Bonchev–Trinajstić information content (AvgIpc) is 2.95. The Kier molecular flexibility index (Phi) is 3.20. The van der Waals surface area contributed by atoms with Crippen molar-refractivity contribution in [1.82, 2.24) is 9.97 Å². The van der Waals surface area contributed by atoms with Gasteiger partial charge in [-0.2, -0.15) is 0 Å². The predicted octanol–water partition coefficient (Wildman–Crippen LogP) is 4.32. The summed E-state index contributed by atoms with van der Waals surface area (Å²) in [6, 6.07) is 23.3. The molecule has 23 heavy (non-hydrogen) atoms. The maximum atomic E-state index is 11.4. The Hall–Kier alpha value is -3.27. The Morgan fingerprint density at radius 1 is 0.739 bits per heavy atom. The third kappa shape index (κ3) is 2.62. The second kappa shape index (κ2) is 5.50. The highest BCUT2D eigenvalue weighted by Gasteiger charge is 2.08. The maximum absolute atomic E-state index is 11.4. The van der Waals surface area contributed by atoms with Crippen LogP contribution in [0.3, 0.4) is 0 Å². The maximum Gasteiger partial charge on any atom is 0.323 e. The molecule has 0 aliphatic rings. The molecule has 0 unspecified atom stereocenters. The normalized spacial score (nSPS) is 10.8. The number of aromatic nitrogens is 2. The standard InChI is InChI=1S/C19H14N2O2/c22-19-20-16-11-10-13(12-17(16)21-19)15-8-4-5-9-18(15)23-14-6-2-1-3-7-14/h1-12H,(H2,20,21,22). The lowest BCUT2D eigenvalue weighted by atomic mass is 10.0. The molecule has 0 aliphatic carbocycles. The first-order chi connectivity index (χ1) is 11.3. The zero-order chi connectivity index (χ0) is 15.6. The summed E-state index contributed by atoms with van der Waals surface area (Å²) in [7, 11) is 0. The number of fused-ring (bicyclic) bond motifs is 1. The Labute approximate surface area is 132 Å². The zero-order valence-corrected chi connectivity index (χ0v) is 12.2. The summed E-state index contributed by atoms with van der Waals surface area (Å²) in [6.07, 6.45) is 0. The highest BCUT2D eigenvalue weighted by Crippen LogP contribution is 2.33. The van der Waals surface area contributed by atoms with Gasteiger partial charge in [0.1, 0.15) is 11.5 Å². The van der Waals surface area contributed by atoms with E-state index in [0.717, 1.165) is 33.7 Å². The number of para-hydroxylation sites is 2. The van der Waals surface area contributed by atoms with Gasteiger partial charge in [-0.25, -0.2) is 4.79 Å². The molecule has 1 heterocycles. The molecule has 0 spiro atoms. The minimum absolute atomic E-state index is 0.203. The van der Waals surface area contributed by atoms with E-state index in [2.05, 4.69) is 9.97 Å². The van der Waals surface area contributed by atoms with Gasteiger partial charge in [0.25, 0.3) is 0 Å². The smallest absolute Gasteiger partial charge is 0.323 e. The molecule has 4 rings (SSSR count). The summed E-state index contributed by atoms with van der Waals surface area (Å²) < 4.78 is 6.00. The van der Waals surface area contributed by atoms with Crippen LogP contribution in [-0.2, 0) is 0 Å². The van der Waals surface area contributed by atoms with E-state index in [-0.39, 0.29) is 5.69 Å². The molecule has 1 aromatic heterocycles. The molecule has 2 N–H and O–H groups in total. The van der Waals surface area contributed by atoms with E-state index in [1.165, 1.54) is 0 Å². The van der Waals surface area contributed by atoms with Crippen LogP contribution in [0.15, 0.2) is 77.6 Å². The van der Waals surface area contributed by atoms with Gasteiger partial charge in [0.15, 0.2) is 0 Å². The minimum Gasteiger partial charge on any atom is -0.457 e. The number of hydrogen-bond acceptors (Lipinski definition) is 2. The van der Waals surface area contributed by atoms with Gasteiger partial charge < -0.3 is 14.7 Å². The lowest BCUT2D eigenvalue weighted by Crippen LogP contribution is -1.99. The van der Waals surface area contributed by atoms with Gasteiger partial charge in [0.2, 0.25) is 0 Å². The van der Waals surface area contributed by atoms with Gasteiger partial charge in [0.05, 0.1) is 11.0 Å². The Morgan fingerprint density at radius 3 is 2.35 bits per heavy atom. The van der Waals surface area contributed by atoms with Crippen molar-refractivity contribution in [1.29, 1.82) is 0 Å². The molecule has 4 aromatic rings. The van der Waals surface area contributed by atoms with Gasteiger partial charge in [0, 0.05) is 5.56 Å². The third-order valence-electron chi connectivity index (χ3n) is 3.69. The van der Waals surface area contributed by atoms with Crippen molar-refractivity contribution < 1.29 is 4.74 Å². The van der Waals surface area contributed by atoms with Crippen LogP contribution < -0.4 is 10.4 Å². The molecular formula is C19H14N2O2. The summed E-state index contributed by atoms with van der Waals surface area (Å²) in [5.74, 6) is 1.56. The van der Waals surface area contributed by atoms with E-state index in [1.807, 2.05) is 72.8 Å². The van der Waals surface area contributed by atoms with Crippen LogP contribution in [-0.4, -0.2) is 9.97 Å². The molecular weight excluding hydrogens is 288 g/mol. The van der Waals surface area contributed by atoms with Gasteiger partial charge in [-0.05, 0) is 35.9 Å². The topological polar surface area (TPSA) is 57.9 Å². The number of imidazole rings is 1. The Balaban J connectivity index is 1.79. The van der Waals surface area contributed by atoms with Crippen LogP contribution in [0.4, 0.5) is 0 Å². The minimum atomic E-state index is -0.203. The molecule has 0 atom stereocenters. The molecule has 0 aliphatic heterocycles. The van der Waals surface area contributed by atoms with Crippen LogP contribution in [0.2, 0.25) is 0 Å². The van der Waals surface area contributed by atoms with Crippen LogP contribution in [0.1, 0.15) is 0 Å². The van der Waals surface area contributed by atoms with Gasteiger partial charge in [-0.15, -0.1) is 0 Å². The highest BCUT2D eigenvalue weighted by molar-refractivity contribution is 5.83. The SMILES string of the molecule is O=c1[nH]c2ccc(-c3ccccc3Oc3ccccc3)cc2[nH]1. The lowest BCUT2D eigenvalue weighted by molar-refractivity contribution is 0.484. The second-order valence-corrected chi connectivity index (χ2v) is 5.25. The molecule has 0 amide bonds. The fraction of sp³-hybridized carbons (Fsp3) is 0. The number of hydrogen-bond donors (Lipinski definition) is 2. The summed E-state index contributed by atoms with van der Waals surface area (Å²) in [6.45, 7) is 0. The van der Waals surface area contributed by atoms with Gasteiger partial charge >= 0.3 is 5.69 Å². The fourth-order valence-electron chi connectivity index (χ4n) is 2.61. The zero-order valence-electron chi connectivity index (χ0n) is 12.2. The molecule has 4 nitrogen and oxygen atoms in total. The quantitative estimate of drug-likeness (QED) is 0.592. The molecule has 0 bridgehead atoms. The van der Waals surface area contributed by atoms with E-state index >= 15 is 0 Å². The average molecular weight is 302 g/mol. The first-order valence-corrected chi connectivity index (χ1v) is 7.34. The molecule has 0 radical (unpaired) electrons. The van der Waals surface area contributed by atoms with Gasteiger partial charge in [-0.3, -0.25) is 0 Å². The first kappa shape index (κ1) is 13.4. The molecule has 112 valence electrons. The number of benzene rings is 3. The van der Waals surface area contributed by atoms with Crippen molar-refractivity contribution >= 4 is 11.0 Å². The lowest BCUT2D eigenvalue weighted by Gasteiger charge is -2.11. The summed E-state index contributed by atoms with van der Waals surface area (Å²) in [5.41, 5.74) is 3.33. The Morgan fingerprint density at radius 2 is 1.48 bits per heavy atom. The van der Waals surface area contributed by atoms with Crippen LogP contribution in [0.5, 0.6) is 11.5 Å². The first-order valence-electron chi connectivity index (χ1n) is 7.34. The van der Waals surface area contributed by atoms with Crippen LogP contribution >= 0.6 is 0 Å².